The van der Waals surface area contributed by atoms with E-state index in [-0.39, 0.29) is 29.2 Å². The fourth-order valence-corrected chi connectivity index (χ4v) is 4.06. The van der Waals surface area contributed by atoms with Crippen molar-refractivity contribution in [2.45, 2.75) is 18.9 Å². The fraction of sp³-hybridized carbons (Fsp3) is 0.280. The summed E-state index contributed by atoms with van der Waals surface area (Å²) in [6, 6.07) is 10.2. The molecule has 2 heterocycles. The van der Waals surface area contributed by atoms with E-state index in [1.54, 1.807) is 43.3 Å². The first-order valence-electron chi connectivity index (χ1n) is 11.1. The summed E-state index contributed by atoms with van der Waals surface area (Å²) in [7, 11) is 6.52. The maximum absolute atomic E-state index is 13.4. The first-order chi connectivity index (χ1) is 17.2. The zero-order valence-corrected chi connectivity index (χ0v) is 21.0. The summed E-state index contributed by atoms with van der Waals surface area (Å²) in [5.74, 6) is -0.229. The van der Waals surface area contributed by atoms with Gasteiger partial charge in [-0.15, -0.1) is 0 Å². The summed E-state index contributed by atoms with van der Waals surface area (Å²) in [5.41, 5.74) is 0.684. The van der Waals surface area contributed by atoms with Gasteiger partial charge in [0.25, 0.3) is 11.5 Å². The van der Waals surface area contributed by atoms with Crippen LogP contribution in [0.4, 0.5) is 5.69 Å². The zero-order chi connectivity index (χ0) is 26.0. The number of methoxy groups -OCH3 is 2. The van der Waals surface area contributed by atoms with Gasteiger partial charge in [-0.25, -0.2) is 14.4 Å². The number of H-pyrrole nitrogens is 1. The van der Waals surface area contributed by atoms with Gasteiger partial charge in [-0.2, -0.15) is 0 Å². The molecule has 1 amide bonds. The molecule has 36 heavy (non-hydrogen) atoms. The molecule has 188 valence electrons. The smallest absolute Gasteiger partial charge is 0.334 e. The average molecular weight is 512 g/mol. The molecular weight excluding hydrogens is 486 g/mol. The van der Waals surface area contributed by atoms with Gasteiger partial charge in [0.2, 0.25) is 0 Å². The Morgan fingerprint density at radius 2 is 1.89 bits per heavy atom. The molecule has 0 saturated heterocycles. The topological polar surface area (TPSA) is 118 Å². The summed E-state index contributed by atoms with van der Waals surface area (Å²) in [6.07, 6.45) is 2.06. The molecule has 1 aromatic heterocycles. The first-order valence-corrected chi connectivity index (χ1v) is 11.5. The third-order valence-electron chi connectivity index (χ3n) is 5.83. The Kier molecular flexibility index (Phi) is 7.39. The number of aliphatic imine (C=N–C) groups is 1. The van der Waals surface area contributed by atoms with Crippen molar-refractivity contribution in [1.29, 1.82) is 0 Å². The van der Waals surface area contributed by atoms with E-state index in [9.17, 15) is 14.4 Å². The summed E-state index contributed by atoms with van der Waals surface area (Å²) in [4.78, 5) is 48.2. The van der Waals surface area contributed by atoms with Crippen molar-refractivity contribution in [2.24, 2.45) is 4.99 Å². The molecule has 0 saturated carbocycles. The molecule has 11 heteroatoms. The number of hydrogen-bond acceptors (Lipinski definition) is 7. The Morgan fingerprint density at radius 1 is 1.17 bits per heavy atom. The van der Waals surface area contributed by atoms with Gasteiger partial charge < -0.3 is 24.7 Å². The average Bonchev–Trinajstić information content (AvgIpc) is 2.87. The Labute approximate surface area is 211 Å². The molecule has 1 aliphatic rings. The Hall–Kier alpha value is -3.73. The number of aromatic amines is 1. The molecule has 4 rings (SSSR count). The van der Waals surface area contributed by atoms with E-state index < -0.39 is 23.6 Å². The minimum absolute atomic E-state index is 0.125. The van der Waals surface area contributed by atoms with Gasteiger partial charge in [0.15, 0.2) is 6.23 Å². The molecule has 0 spiro atoms. The molecular formula is C25H26ClN5O5. The summed E-state index contributed by atoms with van der Waals surface area (Å²) >= 11 is 5.92. The van der Waals surface area contributed by atoms with Crippen LogP contribution in [0.3, 0.4) is 0 Å². The predicted molar refractivity (Wildman–Crippen MR) is 139 cm³/mol. The van der Waals surface area contributed by atoms with Crippen LogP contribution in [0.5, 0.6) is 0 Å². The van der Waals surface area contributed by atoms with E-state index in [2.05, 4.69) is 15.3 Å². The van der Waals surface area contributed by atoms with Crippen LogP contribution in [0, 0.1) is 0 Å². The number of fused-ring (bicyclic) bond motifs is 1. The molecule has 0 aliphatic carbocycles. The number of anilines is 1. The summed E-state index contributed by atoms with van der Waals surface area (Å²) in [6.45, 7) is 0.286. The van der Waals surface area contributed by atoms with Crippen molar-refractivity contribution in [1.82, 2.24) is 14.9 Å². The highest BCUT2D eigenvalue weighted by Crippen LogP contribution is 2.23. The van der Waals surface area contributed by atoms with Crippen LogP contribution in [0.2, 0.25) is 5.02 Å². The number of ether oxygens (including phenoxy) is 2. The predicted octanol–water partition coefficient (Wildman–Crippen LogP) is 2.14. The number of carbonyl (C=O) groups excluding carboxylic acids is 1. The number of nitrogens with one attached hydrogen (secondary N) is 2. The second-order valence-electron chi connectivity index (χ2n) is 8.36. The molecule has 3 aromatic rings. The lowest BCUT2D eigenvalue weighted by Crippen LogP contribution is -2.42. The number of hydrogen-bond donors (Lipinski definition) is 2. The molecule has 1 aliphatic heterocycles. The number of halogens is 1. The van der Waals surface area contributed by atoms with Crippen LogP contribution in [-0.2, 0) is 16.0 Å². The quantitative estimate of drug-likeness (QED) is 0.523. The maximum Gasteiger partial charge on any atom is 0.334 e. The molecule has 10 nitrogen and oxygen atoms in total. The summed E-state index contributed by atoms with van der Waals surface area (Å²) in [5, 5.41) is 3.70. The van der Waals surface area contributed by atoms with Crippen LogP contribution in [-0.4, -0.2) is 61.9 Å². The number of dihydropyridines is 1. The number of amides is 1. The Morgan fingerprint density at radius 3 is 2.53 bits per heavy atom. The van der Waals surface area contributed by atoms with Crippen molar-refractivity contribution in [2.75, 3.05) is 33.2 Å². The minimum atomic E-state index is -0.707. The third-order valence-corrected chi connectivity index (χ3v) is 6.08. The van der Waals surface area contributed by atoms with E-state index in [4.69, 9.17) is 21.1 Å². The summed E-state index contributed by atoms with van der Waals surface area (Å²) < 4.78 is 11.6. The molecule has 0 fully saturated rings. The fourth-order valence-electron chi connectivity index (χ4n) is 3.93. The second-order valence-corrected chi connectivity index (χ2v) is 8.80. The normalized spacial score (nSPS) is 17.2. The van der Waals surface area contributed by atoms with Crippen molar-refractivity contribution in [3.05, 3.63) is 85.5 Å². The largest absolute Gasteiger partial charge is 0.377 e. The SMILES string of the molecule is COC1C=CC(n2c(=O)[nH]c3cc(C(=O)NCc4ccc(Cl)cc4)c(N(C)C)cc3c2=O)=NC1OC. The van der Waals surface area contributed by atoms with Gasteiger partial charge in [0, 0.05) is 45.6 Å². The van der Waals surface area contributed by atoms with Gasteiger partial charge in [-0.3, -0.25) is 9.59 Å². The third kappa shape index (κ3) is 4.97. The van der Waals surface area contributed by atoms with Crippen molar-refractivity contribution in [3.8, 4) is 0 Å². The molecule has 2 N–H and O–H groups in total. The first kappa shape index (κ1) is 25.4. The molecule has 0 bridgehead atoms. The molecule has 0 radical (unpaired) electrons. The van der Waals surface area contributed by atoms with Crippen LogP contribution < -0.4 is 21.5 Å². The zero-order valence-electron chi connectivity index (χ0n) is 20.2. The van der Waals surface area contributed by atoms with Crippen molar-refractivity contribution in [3.63, 3.8) is 0 Å². The monoisotopic (exact) mass is 511 g/mol. The van der Waals surface area contributed by atoms with Crippen molar-refractivity contribution >= 4 is 39.9 Å². The lowest BCUT2D eigenvalue weighted by molar-refractivity contribution is -0.00730. The molecule has 2 unspecified atom stereocenters. The van der Waals surface area contributed by atoms with Gasteiger partial charge in [0.1, 0.15) is 11.9 Å². The lowest BCUT2D eigenvalue weighted by atomic mass is 10.1. The Balaban J connectivity index is 1.75. The van der Waals surface area contributed by atoms with E-state index >= 15 is 0 Å². The number of benzene rings is 2. The molecule has 2 atom stereocenters. The van der Waals surface area contributed by atoms with E-state index in [1.807, 2.05) is 12.1 Å². The number of allylic oxidation sites excluding steroid dienone is 1. The number of carbonyl (C=O) groups is 1. The highest BCUT2D eigenvalue weighted by atomic mass is 35.5. The van der Waals surface area contributed by atoms with Crippen LogP contribution >= 0.6 is 11.6 Å². The maximum atomic E-state index is 13.4. The van der Waals surface area contributed by atoms with Crippen LogP contribution in [0.15, 0.2) is 63.1 Å². The van der Waals surface area contributed by atoms with Gasteiger partial charge in [-0.05, 0) is 42.0 Å². The van der Waals surface area contributed by atoms with Gasteiger partial charge in [-0.1, -0.05) is 23.7 Å². The van der Waals surface area contributed by atoms with E-state index in [0.29, 0.717) is 16.3 Å². The standard InChI is InChI=1S/C25H26ClN5O5/c1-30(2)19-12-16-18(11-17(19)22(32)27-13-14-5-7-15(26)8-6-14)28-25(34)31(24(16)33)21-10-9-20(35-3)23(29-21)36-4/h5-12,20,23H,13H2,1-4H3,(H,27,32)(H,28,34). The Bertz CT molecular complexity index is 1470. The minimum Gasteiger partial charge on any atom is -0.377 e. The van der Waals surface area contributed by atoms with E-state index in [1.165, 1.54) is 26.4 Å². The van der Waals surface area contributed by atoms with Crippen LogP contribution in [0.25, 0.3) is 10.9 Å². The second kappa shape index (κ2) is 10.5. The number of rotatable bonds is 6. The van der Waals surface area contributed by atoms with E-state index in [0.717, 1.165) is 10.1 Å². The number of nitrogens with zero attached hydrogens (tertiary/aromatic N) is 3. The van der Waals surface area contributed by atoms with Crippen LogP contribution in [0.1, 0.15) is 15.9 Å². The van der Waals surface area contributed by atoms with Crippen molar-refractivity contribution < 1.29 is 14.3 Å². The van der Waals surface area contributed by atoms with Gasteiger partial charge >= 0.3 is 5.69 Å². The highest BCUT2D eigenvalue weighted by Gasteiger charge is 2.24. The lowest BCUT2D eigenvalue weighted by Gasteiger charge is -2.23. The molecule has 2 aromatic carbocycles. The highest BCUT2D eigenvalue weighted by molar-refractivity contribution is 6.30. The van der Waals surface area contributed by atoms with Gasteiger partial charge in [0.05, 0.1) is 16.5 Å². The number of aromatic nitrogens is 2.